The molecule has 1 saturated heterocycles. The summed E-state index contributed by atoms with van der Waals surface area (Å²) in [5.74, 6) is 1.61. The predicted octanol–water partition coefficient (Wildman–Crippen LogP) is 1.91. The van der Waals surface area contributed by atoms with Gasteiger partial charge < -0.3 is 15.5 Å². The first-order valence-electron chi connectivity index (χ1n) is 6.63. The Bertz CT molecular complexity index is 469. The van der Waals surface area contributed by atoms with E-state index in [9.17, 15) is 4.79 Å². The molecule has 6 heteroatoms. The van der Waals surface area contributed by atoms with Crippen molar-refractivity contribution >= 4 is 28.2 Å². The summed E-state index contributed by atoms with van der Waals surface area (Å²) < 4.78 is 0. The second-order valence-corrected chi connectivity index (χ2v) is 6.63. The van der Waals surface area contributed by atoms with E-state index in [1.54, 1.807) is 0 Å². The van der Waals surface area contributed by atoms with Crippen LogP contribution >= 0.6 is 11.3 Å². The first kappa shape index (κ1) is 14.1. The number of nitrogen functional groups attached to an aromatic ring is 1. The van der Waals surface area contributed by atoms with Crippen molar-refractivity contribution < 1.29 is 4.79 Å². The Labute approximate surface area is 118 Å². The monoisotopic (exact) mass is 282 g/mol. The summed E-state index contributed by atoms with van der Waals surface area (Å²) in [4.78, 5) is 21.1. The molecule has 2 heterocycles. The fourth-order valence-electron chi connectivity index (χ4n) is 2.32. The third-order valence-electron chi connectivity index (χ3n) is 3.67. The Kier molecular flexibility index (Phi) is 3.99. The smallest absolute Gasteiger partial charge is 0.267 e. The molecule has 5 nitrogen and oxygen atoms in total. The molecule has 0 spiro atoms. The summed E-state index contributed by atoms with van der Waals surface area (Å²) >= 11 is 1.37. The lowest BCUT2D eigenvalue weighted by Crippen LogP contribution is -2.29. The number of rotatable bonds is 3. The van der Waals surface area contributed by atoms with Gasteiger partial charge in [0.1, 0.15) is 10.7 Å². The zero-order valence-electron chi connectivity index (χ0n) is 12.0. The topological polar surface area (TPSA) is 62.5 Å². The number of carbonyl (C=O) groups excluding carboxylic acids is 1. The van der Waals surface area contributed by atoms with Crippen LogP contribution in [-0.2, 0) is 0 Å². The Hall–Kier alpha value is -1.30. The number of nitrogens with zero attached hydrogens (tertiary/aromatic N) is 3. The minimum Gasteiger partial charge on any atom is -0.382 e. The molecule has 1 unspecified atom stereocenters. The van der Waals surface area contributed by atoms with Gasteiger partial charge in [0.05, 0.1) is 0 Å². The van der Waals surface area contributed by atoms with Crippen LogP contribution in [0.5, 0.6) is 0 Å². The maximum Gasteiger partial charge on any atom is 0.267 e. The van der Waals surface area contributed by atoms with Crippen molar-refractivity contribution in [3.8, 4) is 0 Å². The summed E-state index contributed by atoms with van der Waals surface area (Å²) in [6.45, 7) is 6.09. The van der Waals surface area contributed by atoms with Crippen LogP contribution in [0.2, 0.25) is 0 Å². The maximum atomic E-state index is 12.5. The van der Waals surface area contributed by atoms with Crippen LogP contribution in [0.1, 0.15) is 29.9 Å². The van der Waals surface area contributed by atoms with Gasteiger partial charge >= 0.3 is 0 Å². The SMILES string of the molecule is CC(C)C1CCN(C(=O)c2sc(N(C)C)nc2N)C1. The second-order valence-electron chi connectivity index (χ2n) is 5.65. The molecule has 106 valence electrons. The molecule has 1 aromatic heterocycles. The number of amides is 1. The maximum absolute atomic E-state index is 12.5. The molecule has 1 fully saturated rings. The summed E-state index contributed by atoms with van der Waals surface area (Å²) in [6, 6.07) is 0. The van der Waals surface area contributed by atoms with Crippen LogP contribution in [0, 0.1) is 11.8 Å². The summed E-state index contributed by atoms with van der Waals surface area (Å²) in [7, 11) is 3.80. The van der Waals surface area contributed by atoms with Crippen molar-refractivity contribution in [2.75, 3.05) is 37.8 Å². The molecule has 1 atom stereocenters. The number of hydrogen-bond donors (Lipinski definition) is 1. The lowest BCUT2D eigenvalue weighted by Gasteiger charge is -2.17. The number of likely N-dealkylation sites (tertiary alicyclic amines) is 1. The van der Waals surface area contributed by atoms with Crippen molar-refractivity contribution in [1.29, 1.82) is 0 Å². The average Bonchev–Trinajstić information content (AvgIpc) is 2.94. The van der Waals surface area contributed by atoms with Crippen molar-refractivity contribution in [2.45, 2.75) is 20.3 Å². The second kappa shape index (κ2) is 5.36. The first-order chi connectivity index (χ1) is 8.90. The first-order valence-corrected chi connectivity index (χ1v) is 7.44. The molecule has 1 aromatic rings. The summed E-state index contributed by atoms with van der Waals surface area (Å²) in [5, 5.41) is 0.778. The Morgan fingerprint density at radius 2 is 2.21 bits per heavy atom. The van der Waals surface area contributed by atoms with Gasteiger partial charge in [0.25, 0.3) is 5.91 Å². The van der Waals surface area contributed by atoms with Gasteiger partial charge in [-0.2, -0.15) is 0 Å². The molecule has 0 bridgehead atoms. The van der Waals surface area contributed by atoms with E-state index in [1.807, 2.05) is 23.9 Å². The Balaban J connectivity index is 2.12. The molecule has 0 saturated carbocycles. The number of aromatic nitrogens is 1. The van der Waals surface area contributed by atoms with Gasteiger partial charge in [0.2, 0.25) is 0 Å². The van der Waals surface area contributed by atoms with Gasteiger partial charge in [-0.1, -0.05) is 25.2 Å². The Morgan fingerprint density at radius 1 is 1.53 bits per heavy atom. The van der Waals surface area contributed by atoms with Crippen LogP contribution in [0.3, 0.4) is 0 Å². The molecule has 2 N–H and O–H groups in total. The standard InChI is InChI=1S/C13H22N4OS/c1-8(2)9-5-6-17(7-9)12(18)10-11(14)15-13(19-10)16(3)4/h8-9H,5-7,14H2,1-4H3. The van der Waals surface area contributed by atoms with E-state index in [0.717, 1.165) is 24.6 Å². The molecule has 0 aliphatic carbocycles. The number of carbonyl (C=O) groups is 1. The third kappa shape index (κ3) is 2.83. The van der Waals surface area contributed by atoms with Crippen molar-refractivity contribution in [1.82, 2.24) is 9.88 Å². The van der Waals surface area contributed by atoms with Gasteiger partial charge in [0.15, 0.2) is 5.13 Å². The van der Waals surface area contributed by atoms with Crippen molar-refractivity contribution in [2.24, 2.45) is 11.8 Å². The van der Waals surface area contributed by atoms with Crippen LogP contribution in [0.15, 0.2) is 0 Å². The quantitative estimate of drug-likeness (QED) is 0.920. The minimum atomic E-state index is 0.0336. The van der Waals surface area contributed by atoms with E-state index < -0.39 is 0 Å². The van der Waals surface area contributed by atoms with Crippen molar-refractivity contribution in [3.63, 3.8) is 0 Å². The fraction of sp³-hybridized carbons (Fsp3) is 0.692. The van der Waals surface area contributed by atoms with E-state index in [0.29, 0.717) is 22.5 Å². The summed E-state index contributed by atoms with van der Waals surface area (Å²) in [5.41, 5.74) is 5.87. The molecular formula is C13H22N4OS. The highest BCUT2D eigenvalue weighted by molar-refractivity contribution is 7.18. The van der Waals surface area contributed by atoms with Crippen LogP contribution < -0.4 is 10.6 Å². The number of thiazole rings is 1. The largest absolute Gasteiger partial charge is 0.382 e. The highest BCUT2D eigenvalue weighted by Crippen LogP contribution is 2.31. The van der Waals surface area contributed by atoms with Gasteiger partial charge in [-0.3, -0.25) is 4.79 Å². The van der Waals surface area contributed by atoms with E-state index in [-0.39, 0.29) is 5.91 Å². The molecule has 0 radical (unpaired) electrons. The van der Waals surface area contributed by atoms with Crippen molar-refractivity contribution in [3.05, 3.63) is 4.88 Å². The zero-order chi connectivity index (χ0) is 14.2. The van der Waals surface area contributed by atoms with Crippen LogP contribution in [-0.4, -0.2) is 43.0 Å². The minimum absolute atomic E-state index is 0.0336. The number of anilines is 2. The van der Waals surface area contributed by atoms with Gasteiger partial charge in [-0.25, -0.2) is 4.98 Å². The van der Waals surface area contributed by atoms with Gasteiger partial charge in [-0.05, 0) is 18.3 Å². The molecule has 1 aliphatic rings. The lowest BCUT2D eigenvalue weighted by molar-refractivity contribution is 0.0789. The van der Waals surface area contributed by atoms with E-state index in [2.05, 4.69) is 18.8 Å². The predicted molar refractivity (Wildman–Crippen MR) is 79.7 cm³/mol. The average molecular weight is 282 g/mol. The lowest BCUT2D eigenvalue weighted by atomic mass is 9.95. The number of nitrogens with two attached hydrogens (primary N) is 1. The molecule has 19 heavy (non-hydrogen) atoms. The summed E-state index contributed by atoms with van der Waals surface area (Å²) in [6.07, 6.45) is 1.09. The van der Waals surface area contributed by atoms with Crippen LogP contribution in [0.4, 0.5) is 10.9 Å². The molecule has 1 aliphatic heterocycles. The fourth-order valence-corrected chi connectivity index (χ4v) is 3.20. The highest BCUT2D eigenvalue weighted by Gasteiger charge is 2.30. The van der Waals surface area contributed by atoms with E-state index in [1.165, 1.54) is 11.3 Å². The third-order valence-corrected chi connectivity index (χ3v) is 4.90. The molecule has 1 amide bonds. The van der Waals surface area contributed by atoms with Gasteiger partial charge in [0, 0.05) is 27.2 Å². The highest BCUT2D eigenvalue weighted by atomic mass is 32.1. The van der Waals surface area contributed by atoms with E-state index >= 15 is 0 Å². The Morgan fingerprint density at radius 3 is 2.68 bits per heavy atom. The number of hydrogen-bond acceptors (Lipinski definition) is 5. The van der Waals surface area contributed by atoms with E-state index in [4.69, 9.17) is 5.73 Å². The zero-order valence-corrected chi connectivity index (χ0v) is 12.8. The molecule has 2 rings (SSSR count). The normalized spacial score (nSPS) is 19.2. The van der Waals surface area contributed by atoms with Crippen LogP contribution in [0.25, 0.3) is 0 Å². The molecule has 0 aromatic carbocycles. The molecular weight excluding hydrogens is 260 g/mol. The van der Waals surface area contributed by atoms with Gasteiger partial charge in [-0.15, -0.1) is 0 Å².